The minimum Gasteiger partial charge on any atom is -0.475 e. The van der Waals surface area contributed by atoms with Crippen LogP contribution >= 0.6 is 11.6 Å². The normalized spacial score (nSPS) is 22.5. The molecule has 1 unspecified atom stereocenters. The number of pyridine rings is 2. The highest BCUT2D eigenvalue weighted by Gasteiger charge is 2.38. The fourth-order valence-corrected chi connectivity index (χ4v) is 7.84. The molecule has 1 aromatic carbocycles. The van der Waals surface area contributed by atoms with Gasteiger partial charge in [-0.3, -0.25) is 9.78 Å². The van der Waals surface area contributed by atoms with E-state index in [1.165, 1.54) is 6.20 Å². The van der Waals surface area contributed by atoms with Crippen LogP contribution in [0.1, 0.15) is 55.7 Å². The summed E-state index contributed by atoms with van der Waals surface area (Å²) in [5.41, 5.74) is 8.48. The number of piperazine rings is 1. The van der Waals surface area contributed by atoms with Crippen LogP contribution in [-0.4, -0.2) is 71.7 Å². The van der Waals surface area contributed by atoms with Crippen LogP contribution in [0.4, 0.5) is 10.1 Å². The topological polar surface area (TPSA) is 140 Å². The number of nitrogens with one attached hydrogen (secondary N) is 2. The highest BCUT2D eigenvalue weighted by Crippen LogP contribution is 2.31. The largest absolute Gasteiger partial charge is 0.475 e. The van der Waals surface area contributed by atoms with E-state index in [4.69, 9.17) is 22.1 Å². The predicted octanol–water partition coefficient (Wildman–Crippen LogP) is 3.85. The first-order valence-electron chi connectivity index (χ1n) is 14.8. The molecule has 2 bridgehead atoms. The molecule has 4 heterocycles. The Hall–Kier alpha value is -3.16. The lowest BCUT2D eigenvalue weighted by Gasteiger charge is -2.37. The van der Waals surface area contributed by atoms with Gasteiger partial charge >= 0.3 is 0 Å². The molecular formula is C31H38ClFN6O4S. The molecule has 10 nitrogen and oxygen atoms in total. The molecule has 0 aliphatic carbocycles. The summed E-state index contributed by atoms with van der Waals surface area (Å²) in [6, 6.07) is 9.29. The smallest absolute Gasteiger partial charge is 0.242 e. The zero-order chi connectivity index (χ0) is 31.4. The summed E-state index contributed by atoms with van der Waals surface area (Å²) in [4.78, 5) is 22.0. The summed E-state index contributed by atoms with van der Waals surface area (Å²) in [6.45, 7) is 4.71. The van der Waals surface area contributed by atoms with Gasteiger partial charge in [-0.2, -0.15) is 4.31 Å². The highest BCUT2D eigenvalue weighted by molar-refractivity contribution is 7.89. The molecule has 236 valence electrons. The van der Waals surface area contributed by atoms with E-state index in [1.54, 1.807) is 40.8 Å². The van der Waals surface area contributed by atoms with Crippen molar-refractivity contribution in [3.63, 3.8) is 0 Å². The molecule has 0 radical (unpaired) electrons. The zero-order valence-electron chi connectivity index (χ0n) is 24.7. The van der Waals surface area contributed by atoms with Crippen molar-refractivity contribution < 1.29 is 22.3 Å². The fraction of sp³-hybridized carbons (Fsp3) is 0.452. The molecular weight excluding hydrogens is 607 g/mol. The lowest BCUT2D eigenvalue weighted by atomic mass is 9.85. The maximum Gasteiger partial charge on any atom is 0.242 e. The van der Waals surface area contributed by atoms with Crippen molar-refractivity contribution in [1.29, 1.82) is 0 Å². The number of hydrogen-bond acceptors (Lipinski definition) is 8. The maximum atomic E-state index is 15.2. The average molecular weight is 645 g/mol. The summed E-state index contributed by atoms with van der Waals surface area (Å²) < 4.78 is 48.2. The quantitative estimate of drug-likeness (QED) is 0.302. The summed E-state index contributed by atoms with van der Waals surface area (Å²) in [6.07, 6.45) is 6.04. The summed E-state index contributed by atoms with van der Waals surface area (Å²) in [7, 11) is -3.39. The number of aromatic nitrogens is 2. The third-order valence-electron chi connectivity index (χ3n) is 8.12. The van der Waals surface area contributed by atoms with Crippen molar-refractivity contribution in [2.24, 2.45) is 5.73 Å². The van der Waals surface area contributed by atoms with Crippen molar-refractivity contribution in [2.45, 2.75) is 69.7 Å². The predicted molar refractivity (Wildman–Crippen MR) is 168 cm³/mol. The van der Waals surface area contributed by atoms with Gasteiger partial charge in [0.1, 0.15) is 5.82 Å². The van der Waals surface area contributed by atoms with E-state index < -0.39 is 33.7 Å². The lowest BCUT2D eigenvalue weighted by molar-refractivity contribution is -0.117. The molecule has 3 aromatic rings. The van der Waals surface area contributed by atoms with Gasteiger partial charge in [0.15, 0.2) is 0 Å². The van der Waals surface area contributed by atoms with E-state index >= 15 is 4.39 Å². The van der Waals surface area contributed by atoms with Crippen LogP contribution in [0.2, 0.25) is 5.02 Å². The molecule has 13 heteroatoms. The number of amides is 1. The second-order valence-electron chi connectivity index (χ2n) is 11.6. The number of sulfonamides is 1. The van der Waals surface area contributed by atoms with Crippen molar-refractivity contribution in [3.8, 4) is 5.88 Å². The second kappa shape index (κ2) is 13.9. The third kappa shape index (κ3) is 7.55. The summed E-state index contributed by atoms with van der Waals surface area (Å²) >= 11 is 6.13. The molecule has 5 atom stereocenters. The van der Waals surface area contributed by atoms with Gasteiger partial charge in [0.2, 0.25) is 21.8 Å². The van der Waals surface area contributed by atoms with E-state index in [0.29, 0.717) is 42.4 Å². The minimum absolute atomic E-state index is 0.0532. The van der Waals surface area contributed by atoms with Gasteiger partial charge in [-0.15, -0.1) is 0 Å². The van der Waals surface area contributed by atoms with Gasteiger partial charge in [0, 0.05) is 53.9 Å². The molecule has 2 aliphatic heterocycles. The van der Waals surface area contributed by atoms with Crippen molar-refractivity contribution in [3.05, 3.63) is 82.5 Å². The number of halogens is 2. The van der Waals surface area contributed by atoms with Crippen LogP contribution in [0, 0.1) is 5.82 Å². The van der Waals surface area contributed by atoms with Crippen LogP contribution in [-0.2, 0) is 21.2 Å². The monoisotopic (exact) mass is 644 g/mol. The van der Waals surface area contributed by atoms with Crippen molar-refractivity contribution in [2.75, 3.05) is 24.2 Å². The van der Waals surface area contributed by atoms with Crippen LogP contribution in [0.3, 0.4) is 0 Å². The molecule has 5 rings (SSSR count). The SMILES string of the molecule is CC(C)Oc1ccc([C@@H](c2ccc(Cl)cc2)[C@H](N)C(=O)Nc2cncc(F)c2CC[C@H]2CN[C@@H]3CCCS(=O)(=O)N2C3)cn1. The Kier molecular flexibility index (Phi) is 10.2. The van der Waals surface area contributed by atoms with E-state index in [-0.39, 0.29) is 41.6 Å². The number of hydrogen-bond donors (Lipinski definition) is 3. The number of benzene rings is 1. The van der Waals surface area contributed by atoms with Gasteiger partial charge in [-0.25, -0.2) is 17.8 Å². The standard InChI is InChI=1S/C31H38ClFN6O4S/c1-19(2)43-28-12-7-21(14-37-28)29(20-5-8-22(32)9-6-20)30(34)31(40)38-27-17-35-16-26(33)25(27)11-10-24-15-36-23-4-3-13-44(41,42)39(24)18-23/h5-9,12,14,16-17,19,23-24,29-30,36H,3-4,10-11,13,15,18,34H2,1-2H3,(H,38,40)/t23-,24+,29-,30+/m1/s1. The molecule has 2 aliphatic rings. The van der Waals surface area contributed by atoms with Crippen molar-refractivity contribution >= 4 is 33.2 Å². The Morgan fingerprint density at radius 1 is 1.18 bits per heavy atom. The number of nitrogens with zero attached hydrogens (tertiary/aromatic N) is 3. The van der Waals surface area contributed by atoms with Gasteiger partial charge in [-0.1, -0.05) is 29.8 Å². The Labute approximate surface area is 262 Å². The first-order chi connectivity index (χ1) is 21.0. The molecule has 4 N–H and O–H groups in total. The molecule has 44 heavy (non-hydrogen) atoms. The third-order valence-corrected chi connectivity index (χ3v) is 10.3. The van der Waals surface area contributed by atoms with E-state index in [1.807, 2.05) is 19.9 Å². The van der Waals surface area contributed by atoms with Gasteiger partial charge < -0.3 is 21.1 Å². The van der Waals surface area contributed by atoms with Crippen LogP contribution < -0.4 is 21.1 Å². The Morgan fingerprint density at radius 2 is 1.93 bits per heavy atom. The van der Waals surface area contributed by atoms with Crippen LogP contribution in [0.15, 0.2) is 55.0 Å². The molecule has 2 fully saturated rings. The lowest BCUT2D eigenvalue weighted by Crippen LogP contribution is -2.57. The van der Waals surface area contributed by atoms with E-state index in [9.17, 15) is 13.2 Å². The number of anilines is 1. The Morgan fingerprint density at radius 3 is 2.64 bits per heavy atom. The number of nitrogens with two attached hydrogens (primary N) is 1. The Balaban J connectivity index is 1.36. The summed E-state index contributed by atoms with van der Waals surface area (Å²) in [5, 5.41) is 6.76. The molecule has 2 saturated heterocycles. The highest BCUT2D eigenvalue weighted by atomic mass is 35.5. The molecule has 0 spiro atoms. The number of ether oxygens (including phenoxy) is 1. The second-order valence-corrected chi connectivity index (χ2v) is 14.1. The van der Waals surface area contributed by atoms with E-state index in [2.05, 4.69) is 20.6 Å². The Bertz CT molecular complexity index is 1560. The van der Waals surface area contributed by atoms with Gasteiger partial charge in [0.25, 0.3) is 0 Å². The van der Waals surface area contributed by atoms with Crippen molar-refractivity contribution in [1.82, 2.24) is 19.6 Å². The van der Waals surface area contributed by atoms with Gasteiger partial charge in [-0.05, 0) is 62.8 Å². The van der Waals surface area contributed by atoms with Gasteiger partial charge in [0.05, 0.1) is 36.0 Å². The number of rotatable bonds is 10. The number of carbonyl (C=O) groups excluding carboxylic acids is 1. The molecule has 1 amide bonds. The van der Waals surface area contributed by atoms with Crippen LogP contribution in [0.25, 0.3) is 0 Å². The molecule has 0 saturated carbocycles. The average Bonchev–Trinajstić information content (AvgIpc) is 3.10. The molecule has 2 aromatic heterocycles. The maximum absolute atomic E-state index is 15.2. The van der Waals surface area contributed by atoms with Crippen LogP contribution in [0.5, 0.6) is 5.88 Å². The first-order valence-corrected chi connectivity index (χ1v) is 16.8. The van der Waals surface area contributed by atoms with E-state index in [0.717, 1.165) is 18.2 Å². The zero-order valence-corrected chi connectivity index (χ0v) is 26.3. The fourth-order valence-electron chi connectivity index (χ4n) is 5.91. The number of carbonyl (C=O) groups is 1. The number of fused-ring (bicyclic) bond motifs is 2. The first kappa shape index (κ1) is 32.2. The minimum atomic E-state index is -3.39. The summed E-state index contributed by atoms with van der Waals surface area (Å²) in [5.74, 6) is -1.17.